The Bertz CT molecular complexity index is 554. The van der Waals surface area contributed by atoms with E-state index in [0.29, 0.717) is 0 Å². The van der Waals surface area contributed by atoms with Crippen molar-refractivity contribution in [2.24, 2.45) is 0 Å². The van der Waals surface area contributed by atoms with Crippen LogP contribution in [0.4, 0.5) is 0 Å². The van der Waals surface area contributed by atoms with E-state index in [9.17, 15) is 0 Å². The monoisotopic (exact) mass is 215 g/mol. The van der Waals surface area contributed by atoms with Gasteiger partial charge in [-0.15, -0.1) is 0 Å². The summed E-state index contributed by atoms with van der Waals surface area (Å²) in [6.45, 7) is 2.81. The lowest BCUT2D eigenvalue weighted by Crippen LogP contribution is -1.99. The first-order chi connectivity index (χ1) is 7.84. The van der Waals surface area contributed by atoms with E-state index in [0.717, 1.165) is 41.9 Å². The number of aromatic nitrogens is 1. The highest BCUT2D eigenvalue weighted by atomic mass is 16.5. The Hall–Kier alpha value is -1.77. The average Bonchev–Trinajstić information content (AvgIpc) is 2.73. The number of hydrogen-bond donors (Lipinski definition) is 0. The van der Waals surface area contributed by atoms with Crippen LogP contribution in [0, 0.1) is 6.92 Å². The third kappa shape index (κ3) is 1.48. The zero-order valence-corrected chi connectivity index (χ0v) is 9.19. The van der Waals surface area contributed by atoms with Gasteiger partial charge in [0, 0.05) is 0 Å². The molecule has 0 radical (unpaired) electrons. The third-order valence-corrected chi connectivity index (χ3v) is 2.79. The summed E-state index contributed by atoms with van der Waals surface area (Å²) in [5, 5.41) is 5.09. The molecule has 0 spiro atoms. The molecule has 16 heavy (non-hydrogen) atoms. The summed E-state index contributed by atoms with van der Waals surface area (Å²) in [6, 6.07) is 6.12. The molecule has 3 heteroatoms. The lowest BCUT2D eigenvalue weighted by Gasteiger charge is -2.12. The second kappa shape index (κ2) is 3.67. The van der Waals surface area contributed by atoms with Gasteiger partial charge in [0.25, 0.3) is 0 Å². The number of rotatable bonds is 1. The maximum atomic E-state index is 5.59. The Kier molecular flexibility index (Phi) is 2.17. The van der Waals surface area contributed by atoms with Crippen molar-refractivity contribution in [1.82, 2.24) is 5.16 Å². The molecule has 0 fully saturated rings. The molecule has 0 bridgehead atoms. The number of fused-ring (bicyclic) bond motifs is 1. The minimum absolute atomic E-state index is 0.759. The first-order valence-electron chi connectivity index (χ1n) is 5.54. The molecule has 0 amide bonds. The Labute approximate surface area is 93.7 Å². The second-order valence-corrected chi connectivity index (χ2v) is 4.09. The molecule has 2 heterocycles. The Morgan fingerprint density at radius 3 is 3.06 bits per heavy atom. The van der Waals surface area contributed by atoms with Gasteiger partial charge in [-0.05, 0) is 43.5 Å². The number of aryl methyl sites for hydroxylation is 1. The molecule has 0 unspecified atom stereocenters. The Morgan fingerprint density at radius 1 is 1.31 bits per heavy atom. The van der Waals surface area contributed by atoms with Crippen molar-refractivity contribution in [2.75, 3.05) is 6.61 Å². The van der Waals surface area contributed by atoms with Gasteiger partial charge in [-0.1, -0.05) is 11.2 Å². The normalized spacial score (nSPS) is 15.9. The van der Waals surface area contributed by atoms with Gasteiger partial charge in [0.15, 0.2) is 5.76 Å². The van der Waals surface area contributed by atoms with E-state index < -0.39 is 0 Å². The fourth-order valence-corrected chi connectivity index (χ4v) is 1.95. The van der Waals surface area contributed by atoms with Crippen molar-refractivity contribution in [1.29, 1.82) is 0 Å². The summed E-state index contributed by atoms with van der Waals surface area (Å²) in [5.41, 5.74) is 2.08. The van der Waals surface area contributed by atoms with Crippen LogP contribution in [0.5, 0.6) is 0 Å². The first-order valence-corrected chi connectivity index (χ1v) is 5.54. The van der Waals surface area contributed by atoms with E-state index in [1.807, 2.05) is 19.1 Å². The first kappa shape index (κ1) is 9.46. The van der Waals surface area contributed by atoms with Crippen molar-refractivity contribution in [2.45, 2.75) is 19.8 Å². The Balaban J connectivity index is 2.13. The summed E-state index contributed by atoms with van der Waals surface area (Å²) >= 11 is 0. The average molecular weight is 215 g/mol. The maximum absolute atomic E-state index is 5.59. The fraction of sp³-hybridized carbons (Fsp3) is 0.308. The minimum atomic E-state index is 0.759. The summed E-state index contributed by atoms with van der Waals surface area (Å²) in [7, 11) is 0. The summed E-state index contributed by atoms with van der Waals surface area (Å²) < 4.78 is 11.0. The quantitative estimate of drug-likeness (QED) is 0.732. The van der Waals surface area contributed by atoms with Crippen molar-refractivity contribution in [3.05, 3.63) is 35.6 Å². The highest BCUT2D eigenvalue weighted by Gasteiger charge is 2.16. The van der Waals surface area contributed by atoms with E-state index in [-0.39, 0.29) is 0 Å². The smallest absolute Gasteiger partial charge is 0.208 e. The molecule has 3 nitrogen and oxygen atoms in total. The minimum Gasteiger partial charge on any atom is -0.490 e. The van der Waals surface area contributed by atoms with Crippen LogP contribution in [-0.4, -0.2) is 11.8 Å². The van der Waals surface area contributed by atoms with Crippen LogP contribution in [0.3, 0.4) is 0 Å². The van der Waals surface area contributed by atoms with Gasteiger partial charge in [-0.25, -0.2) is 0 Å². The molecule has 82 valence electrons. The zero-order chi connectivity index (χ0) is 11.0. The third-order valence-electron chi connectivity index (χ3n) is 2.79. The van der Waals surface area contributed by atoms with Crippen LogP contribution in [0.1, 0.15) is 24.2 Å². The van der Waals surface area contributed by atoms with Gasteiger partial charge >= 0.3 is 0 Å². The predicted molar refractivity (Wildman–Crippen MR) is 61.9 cm³/mol. The van der Waals surface area contributed by atoms with Gasteiger partial charge in [-0.2, -0.15) is 0 Å². The molecule has 2 aromatic rings. The molecule has 0 N–H and O–H groups in total. The SMILES string of the molecule is Cc1ccc2c(C3=CCCCO3)onc2c1. The van der Waals surface area contributed by atoms with Gasteiger partial charge in [0.05, 0.1) is 12.0 Å². The number of nitrogens with zero attached hydrogens (tertiary/aromatic N) is 1. The van der Waals surface area contributed by atoms with Crippen molar-refractivity contribution < 1.29 is 9.26 Å². The largest absolute Gasteiger partial charge is 0.490 e. The molecule has 0 aliphatic carbocycles. The summed E-state index contributed by atoms with van der Waals surface area (Å²) in [6.07, 6.45) is 4.20. The van der Waals surface area contributed by atoms with Gasteiger partial charge in [0.2, 0.25) is 5.76 Å². The van der Waals surface area contributed by atoms with E-state index in [1.54, 1.807) is 0 Å². The molecule has 1 aliphatic heterocycles. The predicted octanol–water partition coefficient (Wildman–Crippen LogP) is 3.29. The van der Waals surface area contributed by atoms with Crippen LogP contribution in [-0.2, 0) is 4.74 Å². The lowest BCUT2D eigenvalue weighted by molar-refractivity contribution is 0.245. The Morgan fingerprint density at radius 2 is 2.25 bits per heavy atom. The van der Waals surface area contributed by atoms with Crippen molar-refractivity contribution >= 4 is 16.7 Å². The van der Waals surface area contributed by atoms with Crippen LogP contribution >= 0.6 is 0 Å². The fourth-order valence-electron chi connectivity index (χ4n) is 1.95. The highest BCUT2D eigenvalue weighted by molar-refractivity contribution is 5.88. The molecule has 1 aromatic heterocycles. The number of hydrogen-bond acceptors (Lipinski definition) is 3. The van der Waals surface area contributed by atoms with Crippen LogP contribution in [0.2, 0.25) is 0 Å². The van der Waals surface area contributed by atoms with Crippen LogP contribution < -0.4 is 0 Å². The lowest BCUT2D eigenvalue weighted by atomic mass is 10.1. The van der Waals surface area contributed by atoms with Crippen LogP contribution in [0.25, 0.3) is 16.7 Å². The van der Waals surface area contributed by atoms with Gasteiger partial charge in [-0.3, -0.25) is 0 Å². The molecule has 3 rings (SSSR count). The molecule has 0 atom stereocenters. The molecule has 1 aromatic carbocycles. The summed E-state index contributed by atoms with van der Waals surface area (Å²) in [5.74, 6) is 1.59. The van der Waals surface area contributed by atoms with Crippen molar-refractivity contribution in [3.63, 3.8) is 0 Å². The summed E-state index contributed by atoms with van der Waals surface area (Å²) in [4.78, 5) is 0. The molecule has 1 aliphatic rings. The number of ether oxygens (including phenoxy) is 1. The number of benzene rings is 1. The van der Waals surface area contributed by atoms with Gasteiger partial charge in [0.1, 0.15) is 5.52 Å². The van der Waals surface area contributed by atoms with Crippen molar-refractivity contribution in [3.8, 4) is 0 Å². The van der Waals surface area contributed by atoms with E-state index in [4.69, 9.17) is 9.26 Å². The molecular weight excluding hydrogens is 202 g/mol. The maximum Gasteiger partial charge on any atom is 0.208 e. The molecule has 0 saturated carbocycles. The van der Waals surface area contributed by atoms with E-state index in [2.05, 4.69) is 17.3 Å². The van der Waals surface area contributed by atoms with E-state index >= 15 is 0 Å². The number of allylic oxidation sites excluding steroid dienone is 1. The highest BCUT2D eigenvalue weighted by Crippen LogP contribution is 2.28. The standard InChI is InChI=1S/C13H13NO2/c1-9-5-6-10-11(8-9)14-16-13(10)12-4-2-3-7-15-12/h4-6,8H,2-3,7H2,1H3. The second-order valence-electron chi connectivity index (χ2n) is 4.09. The molecule has 0 saturated heterocycles. The van der Waals surface area contributed by atoms with Gasteiger partial charge < -0.3 is 9.26 Å². The zero-order valence-electron chi connectivity index (χ0n) is 9.19. The molecular formula is C13H13NO2. The van der Waals surface area contributed by atoms with E-state index in [1.165, 1.54) is 5.56 Å². The topological polar surface area (TPSA) is 35.3 Å². The van der Waals surface area contributed by atoms with Crippen LogP contribution in [0.15, 0.2) is 28.8 Å².